The van der Waals surface area contributed by atoms with Gasteiger partial charge in [-0.05, 0) is 18.6 Å². The van der Waals surface area contributed by atoms with Gasteiger partial charge in [0.1, 0.15) is 0 Å². The molecule has 4 heteroatoms. The Morgan fingerprint density at radius 1 is 0.846 bits per heavy atom. The fourth-order valence-corrected chi connectivity index (χ4v) is 2.98. The van der Waals surface area contributed by atoms with Crippen LogP contribution in [0.15, 0.2) is 24.5 Å². The topological polar surface area (TPSA) is 56.3 Å². The fraction of sp³-hybridized carbons (Fsp3) is 0.682. The molecule has 0 fully saturated rings. The average Bonchev–Trinajstić information content (AvgIpc) is 2.66. The summed E-state index contributed by atoms with van der Waals surface area (Å²) in [4.78, 5) is 27.2. The van der Waals surface area contributed by atoms with Crippen molar-refractivity contribution in [2.75, 3.05) is 0 Å². The fourth-order valence-electron chi connectivity index (χ4n) is 2.98. The summed E-state index contributed by atoms with van der Waals surface area (Å²) >= 11 is 0. The summed E-state index contributed by atoms with van der Waals surface area (Å²) in [6, 6.07) is 3.24. The first-order valence-corrected chi connectivity index (χ1v) is 10.4. The van der Waals surface area contributed by atoms with E-state index in [-0.39, 0.29) is 0 Å². The van der Waals surface area contributed by atoms with Gasteiger partial charge in [-0.25, -0.2) is 4.79 Å². The number of carbonyl (C=O) groups is 2. The molecule has 0 spiro atoms. The second-order valence-corrected chi connectivity index (χ2v) is 7.00. The zero-order chi connectivity index (χ0) is 18.9. The van der Waals surface area contributed by atoms with Crippen LogP contribution in [0.2, 0.25) is 0 Å². The SMILES string of the molecule is CCCCCCCCCCCCCCCC(=O)OC(=O)c1cccnc1. The van der Waals surface area contributed by atoms with E-state index in [0.29, 0.717) is 12.0 Å². The van der Waals surface area contributed by atoms with Crippen LogP contribution < -0.4 is 0 Å². The summed E-state index contributed by atoms with van der Waals surface area (Å²) in [5, 5.41) is 0. The summed E-state index contributed by atoms with van der Waals surface area (Å²) in [5.74, 6) is -1.06. The Labute approximate surface area is 158 Å². The molecule has 0 aliphatic heterocycles. The van der Waals surface area contributed by atoms with Gasteiger partial charge in [-0.3, -0.25) is 9.78 Å². The van der Waals surface area contributed by atoms with Gasteiger partial charge < -0.3 is 4.74 Å². The van der Waals surface area contributed by atoms with Crippen molar-refractivity contribution in [1.82, 2.24) is 4.98 Å². The first-order valence-electron chi connectivity index (χ1n) is 10.4. The van der Waals surface area contributed by atoms with Gasteiger partial charge in [-0.1, -0.05) is 84.0 Å². The molecule has 0 atom stereocenters. The number of pyridine rings is 1. The number of esters is 2. The van der Waals surface area contributed by atoms with E-state index in [2.05, 4.69) is 11.9 Å². The highest BCUT2D eigenvalue weighted by atomic mass is 16.6. The van der Waals surface area contributed by atoms with Gasteiger partial charge in [-0.15, -0.1) is 0 Å². The van der Waals surface area contributed by atoms with Gasteiger partial charge in [-0.2, -0.15) is 0 Å². The van der Waals surface area contributed by atoms with Crippen LogP contribution in [0.5, 0.6) is 0 Å². The Balaban J connectivity index is 1.88. The summed E-state index contributed by atoms with van der Waals surface area (Å²) < 4.78 is 4.83. The molecule has 146 valence electrons. The minimum Gasteiger partial charge on any atom is -0.389 e. The first kappa shape index (κ1) is 22.3. The van der Waals surface area contributed by atoms with Gasteiger partial charge in [0, 0.05) is 18.8 Å². The number of nitrogens with zero attached hydrogens (tertiary/aromatic N) is 1. The molecule has 1 rings (SSSR count). The van der Waals surface area contributed by atoms with Crippen LogP contribution >= 0.6 is 0 Å². The van der Waals surface area contributed by atoms with Gasteiger partial charge >= 0.3 is 11.9 Å². The zero-order valence-electron chi connectivity index (χ0n) is 16.4. The molecule has 0 saturated heterocycles. The smallest absolute Gasteiger partial charge is 0.347 e. The molecular formula is C22H35NO3. The number of aromatic nitrogens is 1. The Morgan fingerprint density at radius 2 is 1.38 bits per heavy atom. The van der Waals surface area contributed by atoms with Crippen molar-refractivity contribution >= 4 is 11.9 Å². The molecule has 0 aliphatic carbocycles. The molecule has 0 unspecified atom stereocenters. The third-order valence-corrected chi connectivity index (χ3v) is 4.59. The highest BCUT2D eigenvalue weighted by molar-refractivity contribution is 5.96. The second kappa shape index (κ2) is 15.5. The third kappa shape index (κ3) is 11.8. The van der Waals surface area contributed by atoms with Crippen LogP contribution in [0.3, 0.4) is 0 Å². The van der Waals surface area contributed by atoms with Crippen molar-refractivity contribution < 1.29 is 14.3 Å². The Bertz CT molecular complexity index is 487. The number of ether oxygens (including phenoxy) is 1. The molecule has 0 bridgehead atoms. The van der Waals surface area contributed by atoms with E-state index in [4.69, 9.17) is 4.74 Å². The van der Waals surface area contributed by atoms with E-state index in [1.807, 2.05) is 0 Å². The van der Waals surface area contributed by atoms with Crippen molar-refractivity contribution in [2.24, 2.45) is 0 Å². The molecule has 26 heavy (non-hydrogen) atoms. The summed E-state index contributed by atoms with van der Waals surface area (Å²) in [6.45, 7) is 2.25. The quantitative estimate of drug-likeness (QED) is 0.210. The number of carbonyl (C=O) groups excluding carboxylic acids is 2. The number of unbranched alkanes of at least 4 members (excludes halogenated alkanes) is 12. The highest BCUT2D eigenvalue weighted by Gasteiger charge is 2.12. The molecule has 0 amide bonds. The number of hydrogen-bond acceptors (Lipinski definition) is 4. The lowest BCUT2D eigenvalue weighted by atomic mass is 10.0. The molecule has 4 nitrogen and oxygen atoms in total. The van der Waals surface area contributed by atoms with Crippen molar-refractivity contribution in [3.8, 4) is 0 Å². The maximum absolute atomic E-state index is 11.7. The molecule has 0 radical (unpaired) electrons. The van der Waals surface area contributed by atoms with E-state index < -0.39 is 11.9 Å². The van der Waals surface area contributed by atoms with Crippen molar-refractivity contribution in [1.29, 1.82) is 0 Å². The van der Waals surface area contributed by atoms with Crippen LogP contribution in [0.25, 0.3) is 0 Å². The van der Waals surface area contributed by atoms with Crippen LogP contribution in [-0.4, -0.2) is 16.9 Å². The Hall–Kier alpha value is -1.71. The monoisotopic (exact) mass is 361 g/mol. The lowest BCUT2D eigenvalue weighted by Gasteiger charge is -2.04. The van der Waals surface area contributed by atoms with Gasteiger partial charge in [0.25, 0.3) is 0 Å². The summed E-state index contributed by atoms with van der Waals surface area (Å²) in [6.07, 6.45) is 19.7. The van der Waals surface area contributed by atoms with Crippen molar-refractivity contribution in [3.63, 3.8) is 0 Å². The van der Waals surface area contributed by atoms with Crippen LogP contribution in [0, 0.1) is 0 Å². The van der Waals surface area contributed by atoms with Crippen LogP contribution in [0.4, 0.5) is 0 Å². The van der Waals surface area contributed by atoms with Crippen LogP contribution in [-0.2, 0) is 9.53 Å². The summed E-state index contributed by atoms with van der Waals surface area (Å²) in [7, 11) is 0. The largest absolute Gasteiger partial charge is 0.389 e. The molecule has 1 heterocycles. The zero-order valence-corrected chi connectivity index (χ0v) is 16.4. The van der Waals surface area contributed by atoms with Crippen LogP contribution in [0.1, 0.15) is 107 Å². The average molecular weight is 362 g/mol. The Morgan fingerprint density at radius 3 is 1.88 bits per heavy atom. The predicted molar refractivity (Wildman–Crippen MR) is 105 cm³/mol. The molecule has 0 saturated carbocycles. The summed E-state index contributed by atoms with van der Waals surface area (Å²) in [5.41, 5.74) is 0.311. The minimum absolute atomic E-state index is 0.309. The van der Waals surface area contributed by atoms with Gasteiger partial charge in [0.2, 0.25) is 0 Å². The van der Waals surface area contributed by atoms with E-state index in [1.54, 1.807) is 18.3 Å². The van der Waals surface area contributed by atoms with E-state index >= 15 is 0 Å². The second-order valence-electron chi connectivity index (χ2n) is 7.00. The van der Waals surface area contributed by atoms with E-state index in [0.717, 1.165) is 19.3 Å². The van der Waals surface area contributed by atoms with Crippen molar-refractivity contribution in [3.05, 3.63) is 30.1 Å². The van der Waals surface area contributed by atoms with E-state index in [1.165, 1.54) is 70.4 Å². The molecule has 0 N–H and O–H groups in total. The lowest BCUT2D eigenvalue weighted by Crippen LogP contribution is -2.12. The minimum atomic E-state index is -0.613. The van der Waals surface area contributed by atoms with Gasteiger partial charge in [0.05, 0.1) is 5.56 Å². The standard InChI is InChI=1S/C22H35NO3/c1-2-3-4-5-6-7-8-9-10-11-12-13-14-17-21(24)26-22(25)20-16-15-18-23-19-20/h15-16,18-19H,2-14,17H2,1H3. The Kier molecular flexibility index (Phi) is 13.3. The predicted octanol–water partition coefficient (Wildman–Crippen LogP) is 6.25. The molecular weight excluding hydrogens is 326 g/mol. The number of hydrogen-bond donors (Lipinski definition) is 0. The highest BCUT2D eigenvalue weighted by Crippen LogP contribution is 2.13. The maximum Gasteiger partial charge on any atom is 0.347 e. The maximum atomic E-state index is 11.7. The van der Waals surface area contributed by atoms with Crippen molar-refractivity contribution in [2.45, 2.75) is 96.8 Å². The molecule has 1 aromatic heterocycles. The van der Waals surface area contributed by atoms with Gasteiger partial charge in [0.15, 0.2) is 0 Å². The molecule has 0 aromatic carbocycles. The third-order valence-electron chi connectivity index (χ3n) is 4.59. The first-order chi connectivity index (χ1) is 12.7. The number of rotatable bonds is 15. The molecule has 0 aliphatic rings. The normalized spacial score (nSPS) is 10.7. The molecule has 1 aromatic rings. The van der Waals surface area contributed by atoms with E-state index in [9.17, 15) is 9.59 Å². The lowest BCUT2D eigenvalue weighted by molar-refractivity contribution is -0.138.